The maximum absolute atomic E-state index is 14.0. The highest BCUT2D eigenvalue weighted by Crippen LogP contribution is 2.60. The summed E-state index contributed by atoms with van der Waals surface area (Å²) in [7, 11) is 0.296. The third-order valence-electron chi connectivity index (χ3n) is 13.0. The van der Waals surface area contributed by atoms with Gasteiger partial charge in [-0.05, 0) is 76.3 Å². The van der Waals surface area contributed by atoms with E-state index >= 15 is 0 Å². The smallest absolute Gasteiger partial charge is 0.253 e. The summed E-state index contributed by atoms with van der Waals surface area (Å²) in [6.45, 7) is 5.67. The molecule has 3 atom stereocenters. The van der Waals surface area contributed by atoms with Crippen LogP contribution in [-0.4, -0.2) is 80.5 Å². The lowest BCUT2D eigenvalue weighted by atomic mass is 9.51. The minimum Gasteiger partial charge on any atom is -0.618 e. The van der Waals surface area contributed by atoms with Crippen molar-refractivity contribution in [2.45, 2.75) is 100 Å². The first-order chi connectivity index (χ1) is 26.3. The van der Waals surface area contributed by atoms with Crippen LogP contribution in [0.25, 0.3) is 16.3 Å². The Morgan fingerprint density at radius 1 is 0.964 bits per heavy atom. The molecule has 1 unspecified atom stereocenters. The van der Waals surface area contributed by atoms with Gasteiger partial charge in [0.1, 0.15) is 16.8 Å². The number of carbonyl (C=O) groups excluding carboxylic acids is 2. The van der Waals surface area contributed by atoms with E-state index < -0.39 is 26.5 Å². The van der Waals surface area contributed by atoms with Gasteiger partial charge in [-0.1, -0.05) is 62.8 Å². The minimum absolute atomic E-state index is 0.0381. The number of hydrogen-bond acceptors (Lipinski definition) is 7. The largest absolute Gasteiger partial charge is 0.618 e. The lowest BCUT2D eigenvalue weighted by Crippen LogP contribution is -2.83. The van der Waals surface area contributed by atoms with E-state index in [0.29, 0.717) is 54.6 Å². The van der Waals surface area contributed by atoms with Crippen molar-refractivity contribution < 1.29 is 27.5 Å². The lowest BCUT2D eigenvalue weighted by Gasteiger charge is -2.62. The Bertz CT molecular complexity index is 2230. The molecule has 2 amide bonds. The van der Waals surface area contributed by atoms with Crippen molar-refractivity contribution in [2.24, 2.45) is 11.3 Å². The number of benzene rings is 3. The van der Waals surface area contributed by atoms with Crippen LogP contribution >= 0.6 is 0 Å². The van der Waals surface area contributed by atoms with Crippen LogP contribution in [0, 0.1) is 16.5 Å². The van der Waals surface area contributed by atoms with E-state index in [4.69, 9.17) is 4.74 Å². The molecule has 4 saturated heterocycles. The topological polar surface area (TPSA) is 134 Å². The van der Waals surface area contributed by atoms with Crippen molar-refractivity contribution in [1.82, 2.24) is 14.9 Å². The Labute approximate surface area is 324 Å². The van der Waals surface area contributed by atoms with Gasteiger partial charge in [0.25, 0.3) is 5.91 Å². The number of sulfonamides is 1. The van der Waals surface area contributed by atoms with Crippen LogP contribution in [0.2, 0.25) is 0 Å². The molecule has 12 heteroatoms. The van der Waals surface area contributed by atoms with E-state index in [1.165, 1.54) is 0 Å². The average molecular weight is 768 g/mol. The van der Waals surface area contributed by atoms with Gasteiger partial charge >= 0.3 is 0 Å². The molecule has 3 aromatic rings. The van der Waals surface area contributed by atoms with Crippen LogP contribution in [0.1, 0.15) is 90.0 Å². The highest BCUT2D eigenvalue weighted by Gasteiger charge is 2.74. The number of piperazine rings is 1. The van der Waals surface area contributed by atoms with Gasteiger partial charge in [0.15, 0.2) is 0 Å². The summed E-state index contributed by atoms with van der Waals surface area (Å²) in [6.07, 6.45) is 12.0. The van der Waals surface area contributed by atoms with Crippen molar-refractivity contribution in [1.29, 1.82) is 0 Å². The Morgan fingerprint density at radius 3 is 2.44 bits per heavy atom. The molecule has 5 heterocycles. The second kappa shape index (κ2) is 14.0. The lowest BCUT2D eigenvalue weighted by molar-refractivity contribution is -0.362. The monoisotopic (exact) mass is 767 g/mol. The van der Waals surface area contributed by atoms with E-state index in [2.05, 4.69) is 10.0 Å². The third-order valence-corrected chi connectivity index (χ3v) is 14.5. The molecule has 5 aliphatic heterocycles. The molecule has 292 valence electrons. The zero-order valence-corrected chi connectivity index (χ0v) is 33.3. The summed E-state index contributed by atoms with van der Waals surface area (Å²) in [5.41, 5.74) is 1.10. The van der Waals surface area contributed by atoms with Crippen molar-refractivity contribution in [3.63, 3.8) is 0 Å². The second-order valence-corrected chi connectivity index (χ2v) is 18.6. The summed E-state index contributed by atoms with van der Waals surface area (Å²) >= 11 is 0. The van der Waals surface area contributed by atoms with E-state index in [9.17, 15) is 23.2 Å². The first-order valence-electron chi connectivity index (χ1n) is 20.0. The Kier molecular flexibility index (Phi) is 9.51. The number of nitrogens with one attached hydrogen (secondary N) is 2. The van der Waals surface area contributed by atoms with Crippen molar-refractivity contribution in [2.75, 3.05) is 38.7 Å². The molecule has 0 saturated carbocycles. The van der Waals surface area contributed by atoms with Crippen LogP contribution in [0.4, 0.5) is 11.4 Å². The van der Waals surface area contributed by atoms with Crippen molar-refractivity contribution >= 4 is 55.3 Å². The fourth-order valence-corrected chi connectivity index (χ4v) is 11.5. The molecule has 2 bridgehead atoms. The number of piperidine rings is 2. The van der Waals surface area contributed by atoms with Gasteiger partial charge in [-0.15, -0.1) is 0 Å². The summed E-state index contributed by atoms with van der Waals surface area (Å²) in [5.74, 6) is 0.337. The van der Waals surface area contributed by atoms with Gasteiger partial charge in [0.05, 0.1) is 34.1 Å². The molecular weight excluding hydrogens is 715 g/mol. The second-order valence-electron chi connectivity index (χ2n) is 16.9. The molecule has 3 aromatic carbocycles. The molecule has 0 aromatic heterocycles. The third kappa shape index (κ3) is 6.02. The van der Waals surface area contributed by atoms with Crippen LogP contribution in [0.3, 0.4) is 0 Å². The molecule has 4 fully saturated rings. The van der Waals surface area contributed by atoms with Crippen LogP contribution in [-0.2, 0) is 19.6 Å². The molecule has 6 aliphatic rings. The van der Waals surface area contributed by atoms with Gasteiger partial charge in [0.2, 0.25) is 27.3 Å². The van der Waals surface area contributed by atoms with Gasteiger partial charge < -0.3 is 25.1 Å². The molecule has 11 nitrogen and oxygen atoms in total. The minimum atomic E-state index is -3.61. The summed E-state index contributed by atoms with van der Waals surface area (Å²) < 4.78 is 36.3. The van der Waals surface area contributed by atoms with E-state index in [1.54, 1.807) is 12.1 Å². The van der Waals surface area contributed by atoms with Gasteiger partial charge in [-0.3, -0.25) is 9.59 Å². The Hall–Kier alpha value is -4.42. The summed E-state index contributed by atoms with van der Waals surface area (Å²) in [4.78, 5) is 31.6. The van der Waals surface area contributed by atoms with Gasteiger partial charge in [-0.25, -0.2) is 13.1 Å². The Balaban J connectivity index is 0.780. The number of anilines is 1. The fraction of sp³-hybridized carbons (Fsp3) is 0.512. The van der Waals surface area contributed by atoms with Crippen LogP contribution in [0.15, 0.2) is 65.6 Å². The molecular formula is C43H53N5O6S. The van der Waals surface area contributed by atoms with E-state index in [0.717, 1.165) is 90.1 Å². The van der Waals surface area contributed by atoms with Gasteiger partial charge in [-0.2, -0.15) is 4.74 Å². The molecule has 2 spiro atoms. The van der Waals surface area contributed by atoms with Crippen molar-refractivity contribution in [3.8, 4) is 5.75 Å². The number of fused-ring (bicyclic) bond motifs is 5. The quantitative estimate of drug-likeness (QED) is 0.101. The maximum atomic E-state index is 14.0. The molecule has 1 aliphatic carbocycles. The molecule has 9 rings (SSSR count). The Morgan fingerprint density at radius 2 is 1.67 bits per heavy atom. The molecule has 2 N–H and O–H groups in total. The normalized spacial score (nSPS) is 24.7. The number of nitrogens with zero attached hydrogens (tertiary/aromatic N) is 3. The number of allylic oxidation sites excluding steroid dienone is 1. The van der Waals surface area contributed by atoms with Crippen molar-refractivity contribution in [3.05, 3.63) is 71.4 Å². The molecule has 0 radical (unpaired) electrons. The standard InChI is InChI=1S/C43H53N5O6S/c1-41(2)37-28-42-22-15-24-47(42)40(50)43(37,45-39(42)49)27-33-31-21-20-29(26-35(31)48(51)38(33)41)54-25-12-10-8-6-5-7-9-11-23-44-55(52,53)36-19-14-16-30-32(36)17-13-18-34(30)46(3)4/h13-14,16-21,26-27,37,44H,5-12,15,22-25,28H2,1-4H3,(H,45,49)/t37?,42-,43-/m0/s1. The SMILES string of the molecule is CN(C)c1cccc2c(S(=O)(=O)NCCCCCCCCCCOc3ccc4c(c3)[N+]([O-])=C3C4=C[C@@]45NC(=O)[C@]6(CCCN6C4=O)CC5C3(C)C)cccc12. The highest BCUT2D eigenvalue weighted by molar-refractivity contribution is 7.89. The number of unbranched alkanes of at least 4 members (excludes halogenated alkanes) is 7. The molecule has 55 heavy (non-hydrogen) atoms. The number of ether oxygens (including phenoxy) is 1. The first kappa shape index (κ1) is 37.5. The number of rotatable bonds is 15. The van der Waals surface area contributed by atoms with Crippen LogP contribution in [0.5, 0.6) is 5.75 Å². The van der Waals surface area contributed by atoms with Gasteiger partial charge in [0, 0.05) is 49.6 Å². The number of carbonyl (C=O) groups is 2. The summed E-state index contributed by atoms with van der Waals surface area (Å²) in [5, 5.41) is 18.8. The predicted octanol–water partition coefficient (Wildman–Crippen LogP) is 6.65. The van der Waals surface area contributed by atoms with Crippen LogP contribution < -0.4 is 19.7 Å². The van der Waals surface area contributed by atoms with E-state index in [-0.39, 0.29) is 17.7 Å². The first-order valence-corrected chi connectivity index (χ1v) is 21.5. The summed E-state index contributed by atoms with van der Waals surface area (Å²) in [6, 6.07) is 16.8. The predicted molar refractivity (Wildman–Crippen MR) is 215 cm³/mol. The number of hydrogen-bond donors (Lipinski definition) is 2. The zero-order chi connectivity index (χ0) is 38.8. The number of amides is 2. The fourth-order valence-electron chi connectivity index (χ4n) is 10.2. The highest BCUT2D eigenvalue weighted by atomic mass is 32.2. The van der Waals surface area contributed by atoms with E-state index in [1.807, 2.05) is 86.3 Å². The zero-order valence-electron chi connectivity index (χ0n) is 32.4. The maximum Gasteiger partial charge on any atom is 0.253 e. The average Bonchev–Trinajstić information content (AvgIpc) is 3.72.